The number of hydrogen-bond donors (Lipinski definition) is 2. The Balaban J connectivity index is 0. The van der Waals surface area contributed by atoms with Gasteiger partial charge in [-0.3, -0.25) is 9.59 Å². The van der Waals surface area contributed by atoms with E-state index < -0.39 is 36.4 Å². The molecular weight excluding hydrogens is 358 g/mol. The Kier molecular flexibility index (Phi) is 14.6. The molecule has 9 nitrogen and oxygen atoms in total. The molecule has 0 rings (SSSR count). The van der Waals surface area contributed by atoms with Crippen molar-refractivity contribution in [1.29, 1.82) is 0 Å². The quantitative estimate of drug-likeness (QED) is 0.291. The molecule has 2 N–H and O–H groups in total. The highest BCUT2D eigenvalue weighted by Gasteiger charge is 2.42. The van der Waals surface area contributed by atoms with E-state index in [2.05, 4.69) is 41.9 Å². The summed E-state index contributed by atoms with van der Waals surface area (Å²) in [6.07, 6.45) is -1.50. The molecule has 0 aromatic carbocycles. The molecule has 0 aliphatic rings. The summed E-state index contributed by atoms with van der Waals surface area (Å²) in [5.41, 5.74) is -2.34. The maximum atomic E-state index is 11.4. The summed E-state index contributed by atoms with van der Waals surface area (Å²) in [5, 5.41) is 18.4. The van der Waals surface area contributed by atoms with Gasteiger partial charge in [0.15, 0.2) is 5.60 Å². The van der Waals surface area contributed by atoms with E-state index in [1.54, 1.807) is 0 Å². The lowest BCUT2D eigenvalue weighted by Crippen LogP contribution is -2.47. The highest BCUT2D eigenvalue weighted by atomic mass is 16.6. The third kappa shape index (κ3) is 10.3. The van der Waals surface area contributed by atoms with Gasteiger partial charge in [0.25, 0.3) is 0 Å². The number of methoxy groups -OCH3 is 2. The van der Waals surface area contributed by atoms with E-state index in [0.717, 1.165) is 14.2 Å². The van der Waals surface area contributed by atoms with E-state index in [1.807, 2.05) is 0 Å². The predicted molar refractivity (Wildman–Crippen MR) is 98.7 cm³/mol. The van der Waals surface area contributed by atoms with Crippen molar-refractivity contribution in [3.8, 4) is 0 Å². The van der Waals surface area contributed by atoms with E-state index in [1.165, 1.54) is 30.7 Å². The number of nitrogens with zero attached hydrogens (tertiary/aromatic N) is 1. The molecule has 0 fully saturated rings. The Bertz CT molecular complexity index is 433. The Morgan fingerprint density at radius 1 is 0.852 bits per heavy atom. The monoisotopic (exact) mass is 394 g/mol. The van der Waals surface area contributed by atoms with E-state index >= 15 is 0 Å². The van der Waals surface area contributed by atoms with E-state index in [9.17, 15) is 19.5 Å². The van der Waals surface area contributed by atoms with Crippen LogP contribution in [0.1, 0.15) is 40.5 Å². The summed E-state index contributed by atoms with van der Waals surface area (Å²) in [7, 11) is 2.08. The van der Waals surface area contributed by atoms with Gasteiger partial charge >= 0.3 is 17.9 Å². The normalized spacial score (nSPS) is 12.9. The number of ether oxygens (including phenoxy) is 3. The molecule has 0 spiro atoms. The van der Waals surface area contributed by atoms with Gasteiger partial charge in [-0.25, -0.2) is 4.79 Å². The zero-order chi connectivity index (χ0) is 21.5. The summed E-state index contributed by atoms with van der Waals surface area (Å²) < 4.78 is 14.4. The van der Waals surface area contributed by atoms with E-state index in [-0.39, 0.29) is 13.2 Å². The van der Waals surface area contributed by atoms with Gasteiger partial charge in [-0.15, -0.1) is 0 Å². The fourth-order valence-corrected chi connectivity index (χ4v) is 2.50. The molecule has 0 aliphatic heterocycles. The smallest absolute Gasteiger partial charge is 0.339 e. The minimum Gasteiger partial charge on any atom is -0.469 e. The van der Waals surface area contributed by atoms with Crippen LogP contribution in [0.2, 0.25) is 0 Å². The number of hydrogen-bond acceptors (Lipinski definition) is 8. The van der Waals surface area contributed by atoms with Crippen LogP contribution in [0.3, 0.4) is 0 Å². The summed E-state index contributed by atoms with van der Waals surface area (Å²) >= 11 is 0. The maximum Gasteiger partial charge on any atom is 0.339 e. The topological polar surface area (TPSA) is 119 Å². The first kappa shape index (κ1) is 27.5. The van der Waals surface area contributed by atoms with Crippen molar-refractivity contribution in [2.24, 2.45) is 0 Å². The zero-order valence-corrected chi connectivity index (χ0v) is 17.4. The largest absolute Gasteiger partial charge is 0.469 e. The first-order chi connectivity index (χ1) is 12.6. The second kappa shape index (κ2) is 14.4. The highest BCUT2D eigenvalue weighted by Crippen LogP contribution is 2.19. The van der Waals surface area contributed by atoms with Crippen LogP contribution in [-0.4, -0.2) is 91.8 Å². The average molecular weight is 394 g/mol. The van der Waals surface area contributed by atoms with Crippen LogP contribution >= 0.6 is 0 Å². The summed E-state index contributed by atoms with van der Waals surface area (Å²) in [6, 6.07) is 0. The molecule has 160 valence electrons. The fourth-order valence-electron chi connectivity index (χ4n) is 2.50. The number of carbonyl (C=O) groups excluding carboxylic acids is 3. The van der Waals surface area contributed by atoms with Gasteiger partial charge in [0.2, 0.25) is 0 Å². The van der Waals surface area contributed by atoms with Crippen LogP contribution in [0.4, 0.5) is 0 Å². The van der Waals surface area contributed by atoms with Gasteiger partial charge in [0, 0.05) is 0 Å². The number of esters is 3. The molecule has 0 bridgehead atoms. The molecule has 0 heterocycles. The summed E-state index contributed by atoms with van der Waals surface area (Å²) in [4.78, 5) is 33.7. The van der Waals surface area contributed by atoms with Gasteiger partial charge in [-0.05, 0) is 27.7 Å². The van der Waals surface area contributed by atoms with Crippen molar-refractivity contribution in [3.63, 3.8) is 0 Å². The molecule has 0 saturated carbocycles. The molecule has 0 aromatic heterocycles. The minimum absolute atomic E-state index is 0.270. The zero-order valence-electron chi connectivity index (χ0n) is 17.4. The van der Waals surface area contributed by atoms with Crippen LogP contribution in [0.5, 0.6) is 0 Å². The first-order valence-corrected chi connectivity index (χ1v) is 9.13. The third-order valence-corrected chi connectivity index (χ3v) is 4.70. The molecule has 9 heteroatoms. The van der Waals surface area contributed by atoms with Crippen molar-refractivity contribution >= 4 is 17.9 Å². The van der Waals surface area contributed by atoms with Crippen molar-refractivity contribution in [3.05, 3.63) is 0 Å². The van der Waals surface area contributed by atoms with Crippen LogP contribution in [0, 0.1) is 0 Å². The molecule has 1 atom stereocenters. The van der Waals surface area contributed by atoms with Crippen molar-refractivity contribution < 1.29 is 43.3 Å². The minimum atomic E-state index is -2.34. The van der Waals surface area contributed by atoms with Crippen molar-refractivity contribution in [2.45, 2.75) is 46.1 Å². The lowest BCUT2D eigenvalue weighted by Gasteiger charge is -2.34. The number of aliphatic hydroxyl groups is 2. The molecule has 1 unspecified atom stereocenters. The number of quaternary nitrogens is 1. The van der Waals surface area contributed by atoms with Crippen LogP contribution in [-0.2, 0) is 28.6 Å². The Labute approximate surface area is 161 Å². The Hall–Kier alpha value is -1.71. The van der Waals surface area contributed by atoms with Crippen LogP contribution in [0.15, 0.2) is 0 Å². The number of rotatable bonds is 11. The lowest BCUT2D eigenvalue weighted by molar-refractivity contribution is -0.921. The first-order valence-electron chi connectivity index (χ1n) is 9.13. The molecular formula is C18H36NO8+. The SMILES string of the molecule is CC[N+](CC)(CC)CC.COC(=O)CC(O)(CC(=O)OCCO)C(=O)OC. The standard InChI is InChI=1S/C10H16O8.C8H20N/c1-16-7(12)5-10(15,9(14)17-2)6-8(13)18-4-3-11;1-5-9(6-2,7-3)8-4/h11,15H,3-6H2,1-2H3;5-8H2,1-4H3/q;+1. The molecule has 0 amide bonds. The van der Waals surface area contributed by atoms with Crippen molar-refractivity contribution in [1.82, 2.24) is 0 Å². The average Bonchev–Trinajstić information content (AvgIpc) is 2.68. The van der Waals surface area contributed by atoms with Gasteiger partial charge in [0.1, 0.15) is 6.61 Å². The fraction of sp³-hybridized carbons (Fsp3) is 0.833. The van der Waals surface area contributed by atoms with Gasteiger partial charge in [-0.2, -0.15) is 0 Å². The van der Waals surface area contributed by atoms with Crippen LogP contribution in [0.25, 0.3) is 0 Å². The third-order valence-electron chi connectivity index (χ3n) is 4.70. The lowest BCUT2D eigenvalue weighted by atomic mass is 9.96. The number of aliphatic hydroxyl groups excluding tert-OH is 1. The van der Waals surface area contributed by atoms with E-state index in [0.29, 0.717) is 0 Å². The highest BCUT2D eigenvalue weighted by molar-refractivity contribution is 5.89. The molecule has 27 heavy (non-hydrogen) atoms. The molecule has 0 saturated heterocycles. The molecule has 0 radical (unpaired) electrons. The Morgan fingerprint density at radius 2 is 1.30 bits per heavy atom. The second-order valence-corrected chi connectivity index (χ2v) is 6.00. The van der Waals surface area contributed by atoms with Gasteiger partial charge in [-0.1, -0.05) is 0 Å². The predicted octanol–water partition coefficient (Wildman–Crippen LogP) is 0.262. The van der Waals surface area contributed by atoms with Gasteiger partial charge < -0.3 is 28.9 Å². The molecule has 0 aliphatic carbocycles. The summed E-state index contributed by atoms with van der Waals surface area (Å²) in [5.74, 6) is -2.97. The number of carbonyl (C=O) groups is 3. The molecule has 0 aromatic rings. The Morgan fingerprint density at radius 3 is 1.59 bits per heavy atom. The summed E-state index contributed by atoms with van der Waals surface area (Å²) in [6.45, 7) is 13.6. The maximum absolute atomic E-state index is 11.4. The van der Waals surface area contributed by atoms with Gasteiger partial charge in [0.05, 0.1) is 59.8 Å². The van der Waals surface area contributed by atoms with Crippen molar-refractivity contribution in [2.75, 3.05) is 53.6 Å². The van der Waals surface area contributed by atoms with Crippen LogP contribution < -0.4 is 0 Å². The second-order valence-electron chi connectivity index (χ2n) is 6.00. The van der Waals surface area contributed by atoms with E-state index in [4.69, 9.17) is 5.11 Å².